The third-order valence-corrected chi connectivity index (χ3v) is 3.94. The van der Waals surface area contributed by atoms with Crippen LogP contribution in [0.25, 0.3) is 10.8 Å². The summed E-state index contributed by atoms with van der Waals surface area (Å²) in [6.07, 6.45) is 0. The molecular formula is C17H13BrClNO. The van der Waals surface area contributed by atoms with Gasteiger partial charge in [-0.25, -0.2) is 4.98 Å². The Morgan fingerprint density at radius 1 is 1.05 bits per heavy atom. The minimum atomic E-state index is 0.450. The number of fused-ring (bicyclic) bond motifs is 1. The van der Waals surface area contributed by atoms with E-state index in [-0.39, 0.29) is 0 Å². The smallest absolute Gasteiger partial charge is 0.219 e. The number of aryl methyl sites for hydroxylation is 1. The van der Waals surface area contributed by atoms with Crippen molar-refractivity contribution >= 4 is 38.3 Å². The number of aromatic nitrogens is 1. The van der Waals surface area contributed by atoms with Gasteiger partial charge >= 0.3 is 0 Å². The number of benzene rings is 2. The van der Waals surface area contributed by atoms with Crippen molar-refractivity contribution in [2.75, 3.05) is 0 Å². The van der Waals surface area contributed by atoms with E-state index in [1.165, 1.54) is 0 Å². The Morgan fingerprint density at radius 2 is 1.81 bits per heavy atom. The lowest BCUT2D eigenvalue weighted by Gasteiger charge is -2.08. The lowest BCUT2D eigenvalue weighted by molar-refractivity contribution is 0.462. The number of rotatable bonds is 3. The van der Waals surface area contributed by atoms with Crippen molar-refractivity contribution in [3.63, 3.8) is 0 Å². The quantitative estimate of drug-likeness (QED) is 0.546. The molecule has 0 atom stereocenters. The van der Waals surface area contributed by atoms with Gasteiger partial charge in [-0.05, 0) is 53.6 Å². The first-order valence-electron chi connectivity index (χ1n) is 6.55. The van der Waals surface area contributed by atoms with E-state index in [1.54, 1.807) is 0 Å². The third kappa shape index (κ3) is 3.36. The molecule has 0 fully saturated rings. The first kappa shape index (κ1) is 14.4. The van der Waals surface area contributed by atoms with Gasteiger partial charge in [0.25, 0.3) is 0 Å². The maximum Gasteiger partial charge on any atom is 0.219 e. The summed E-state index contributed by atoms with van der Waals surface area (Å²) in [5.41, 5.74) is 1.90. The lowest BCUT2D eigenvalue weighted by atomic mass is 10.1. The van der Waals surface area contributed by atoms with E-state index in [0.717, 1.165) is 32.3 Å². The van der Waals surface area contributed by atoms with E-state index in [4.69, 9.17) is 16.3 Å². The fourth-order valence-corrected chi connectivity index (χ4v) is 2.75. The van der Waals surface area contributed by atoms with Crippen molar-refractivity contribution in [3.05, 3.63) is 64.3 Å². The SMILES string of the molecule is Cc1cc(CCl)cc(Oc2ccc3cc(Br)ccc3c2)n1. The number of pyridine rings is 1. The highest BCUT2D eigenvalue weighted by molar-refractivity contribution is 9.10. The second-order valence-electron chi connectivity index (χ2n) is 4.84. The second-order valence-corrected chi connectivity index (χ2v) is 6.03. The van der Waals surface area contributed by atoms with Crippen LogP contribution in [0.3, 0.4) is 0 Å². The van der Waals surface area contributed by atoms with Crippen LogP contribution in [0, 0.1) is 6.92 Å². The van der Waals surface area contributed by atoms with Gasteiger partial charge in [0, 0.05) is 22.1 Å². The summed E-state index contributed by atoms with van der Waals surface area (Å²) in [4.78, 5) is 4.38. The van der Waals surface area contributed by atoms with E-state index in [2.05, 4.69) is 33.0 Å². The number of nitrogens with zero attached hydrogens (tertiary/aromatic N) is 1. The van der Waals surface area contributed by atoms with Gasteiger partial charge in [-0.3, -0.25) is 0 Å². The molecule has 2 nitrogen and oxygen atoms in total. The summed E-state index contributed by atoms with van der Waals surface area (Å²) in [6.45, 7) is 1.93. The molecule has 2 aromatic carbocycles. The van der Waals surface area contributed by atoms with Crippen LogP contribution in [0.15, 0.2) is 53.0 Å². The van der Waals surface area contributed by atoms with Crippen molar-refractivity contribution in [1.82, 2.24) is 4.98 Å². The third-order valence-electron chi connectivity index (χ3n) is 3.14. The van der Waals surface area contributed by atoms with Crippen LogP contribution in [0.5, 0.6) is 11.6 Å². The topological polar surface area (TPSA) is 22.1 Å². The van der Waals surface area contributed by atoms with E-state index in [0.29, 0.717) is 11.8 Å². The Hall–Kier alpha value is -1.58. The Kier molecular flexibility index (Phi) is 4.13. The molecular weight excluding hydrogens is 350 g/mol. The largest absolute Gasteiger partial charge is 0.439 e. The van der Waals surface area contributed by atoms with E-state index < -0.39 is 0 Å². The van der Waals surface area contributed by atoms with E-state index in [1.807, 2.05) is 43.3 Å². The molecule has 3 aromatic rings. The van der Waals surface area contributed by atoms with Gasteiger partial charge in [0.1, 0.15) is 5.75 Å². The van der Waals surface area contributed by atoms with Crippen LogP contribution in [0.4, 0.5) is 0 Å². The summed E-state index contributed by atoms with van der Waals surface area (Å²) in [5, 5.41) is 2.29. The predicted octanol–water partition coefficient (Wildman–Crippen LogP) is 5.84. The van der Waals surface area contributed by atoms with Gasteiger partial charge < -0.3 is 4.74 Å². The van der Waals surface area contributed by atoms with Crippen LogP contribution in [-0.4, -0.2) is 4.98 Å². The van der Waals surface area contributed by atoms with Gasteiger partial charge in [0.15, 0.2) is 0 Å². The van der Waals surface area contributed by atoms with Crippen LogP contribution in [0.2, 0.25) is 0 Å². The normalized spacial score (nSPS) is 10.8. The molecule has 0 unspecified atom stereocenters. The fraction of sp³-hybridized carbons (Fsp3) is 0.118. The monoisotopic (exact) mass is 361 g/mol. The van der Waals surface area contributed by atoms with Gasteiger partial charge in [-0.2, -0.15) is 0 Å². The number of ether oxygens (including phenoxy) is 1. The zero-order valence-corrected chi connectivity index (χ0v) is 13.8. The Labute approximate surface area is 136 Å². The van der Waals surface area contributed by atoms with E-state index in [9.17, 15) is 0 Å². The zero-order valence-electron chi connectivity index (χ0n) is 11.4. The van der Waals surface area contributed by atoms with Gasteiger partial charge in [0.2, 0.25) is 5.88 Å². The number of alkyl halides is 1. The number of hydrogen-bond acceptors (Lipinski definition) is 2. The summed E-state index contributed by atoms with van der Waals surface area (Å²) < 4.78 is 6.92. The molecule has 0 saturated carbocycles. The molecule has 0 aliphatic heterocycles. The lowest BCUT2D eigenvalue weighted by Crippen LogP contribution is -1.92. The first-order chi connectivity index (χ1) is 10.1. The molecule has 0 aliphatic carbocycles. The van der Waals surface area contributed by atoms with Crippen molar-refractivity contribution < 1.29 is 4.74 Å². The molecule has 21 heavy (non-hydrogen) atoms. The fourth-order valence-electron chi connectivity index (χ4n) is 2.22. The van der Waals surface area contributed by atoms with E-state index >= 15 is 0 Å². The maximum absolute atomic E-state index is 5.88. The molecule has 106 valence electrons. The van der Waals surface area contributed by atoms with Crippen molar-refractivity contribution in [2.24, 2.45) is 0 Å². The van der Waals surface area contributed by atoms with Crippen LogP contribution in [-0.2, 0) is 5.88 Å². The highest BCUT2D eigenvalue weighted by Gasteiger charge is 2.04. The van der Waals surface area contributed by atoms with Crippen LogP contribution >= 0.6 is 27.5 Å². The highest BCUT2D eigenvalue weighted by atomic mass is 79.9. The Morgan fingerprint density at radius 3 is 2.62 bits per heavy atom. The molecule has 0 amide bonds. The standard InChI is InChI=1S/C17H13BrClNO/c1-11-6-12(10-19)7-17(20-11)21-16-5-3-13-8-15(18)4-2-14(13)9-16/h2-9H,10H2,1H3. The molecule has 4 heteroatoms. The number of hydrogen-bond donors (Lipinski definition) is 0. The van der Waals surface area contributed by atoms with Gasteiger partial charge in [-0.15, -0.1) is 11.6 Å². The highest BCUT2D eigenvalue weighted by Crippen LogP contribution is 2.27. The molecule has 3 rings (SSSR count). The van der Waals surface area contributed by atoms with Gasteiger partial charge in [-0.1, -0.05) is 28.1 Å². The molecule has 0 N–H and O–H groups in total. The maximum atomic E-state index is 5.88. The molecule has 1 heterocycles. The van der Waals surface area contributed by atoms with Crippen molar-refractivity contribution in [2.45, 2.75) is 12.8 Å². The summed E-state index contributed by atoms with van der Waals surface area (Å²) in [7, 11) is 0. The van der Waals surface area contributed by atoms with Crippen molar-refractivity contribution in [3.8, 4) is 11.6 Å². The Balaban J connectivity index is 1.94. The minimum absolute atomic E-state index is 0.450. The average Bonchev–Trinajstić information content (AvgIpc) is 2.47. The molecule has 0 bridgehead atoms. The molecule has 1 aromatic heterocycles. The average molecular weight is 363 g/mol. The summed E-state index contributed by atoms with van der Waals surface area (Å²) in [6, 6.07) is 16.0. The Bertz CT molecular complexity index is 804. The van der Waals surface area contributed by atoms with Gasteiger partial charge in [0.05, 0.1) is 0 Å². The second kappa shape index (κ2) is 6.04. The summed E-state index contributed by atoms with van der Waals surface area (Å²) in [5.74, 6) is 1.79. The molecule has 0 radical (unpaired) electrons. The minimum Gasteiger partial charge on any atom is -0.439 e. The first-order valence-corrected chi connectivity index (χ1v) is 7.87. The zero-order chi connectivity index (χ0) is 14.8. The molecule has 0 aliphatic rings. The van der Waals surface area contributed by atoms with Crippen LogP contribution in [0.1, 0.15) is 11.3 Å². The summed E-state index contributed by atoms with van der Waals surface area (Å²) >= 11 is 9.35. The number of halogens is 2. The molecule has 0 saturated heterocycles. The predicted molar refractivity (Wildman–Crippen MR) is 90.3 cm³/mol. The van der Waals surface area contributed by atoms with Crippen LogP contribution < -0.4 is 4.74 Å². The molecule has 0 spiro atoms. The van der Waals surface area contributed by atoms with Crippen molar-refractivity contribution in [1.29, 1.82) is 0 Å².